The zero-order valence-corrected chi connectivity index (χ0v) is 16.5. The molecule has 5 nitrogen and oxygen atoms in total. The maximum atomic E-state index is 6.17. The molecular weight excluding hydrogens is 342 g/mol. The highest BCUT2D eigenvalue weighted by molar-refractivity contribution is 6.02. The second-order valence-electron chi connectivity index (χ2n) is 8.43. The number of hydrogen-bond donors (Lipinski definition) is 0. The minimum Gasteiger partial charge on any atom is -0.489 e. The summed E-state index contributed by atoms with van der Waals surface area (Å²) in [7, 11) is 0. The molecule has 3 aliphatic rings. The lowest BCUT2D eigenvalue weighted by Crippen LogP contribution is -2.29. The molecule has 0 amide bonds. The number of nitrogens with zero attached hydrogens (tertiary/aromatic N) is 1. The Morgan fingerprint density at radius 2 is 2.04 bits per heavy atom. The van der Waals surface area contributed by atoms with E-state index in [1.165, 1.54) is 32.1 Å². The average Bonchev–Trinajstić information content (AvgIpc) is 3.31. The normalized spacial score (nSPS) is 25.7. The van der Waals surface area contributed by atoms with Crippen LogP contribution in [0.3, 0.4) is 0 Å². The average molecular weight is 373 g/mol. The lowest BCUT2D eigenvalue weighted by Gasteiger charge is -2.23. The van der Waals surface area contributed by atoms with Crippen LogP contribution in [0.2, 0.25) is 0 Å². The zero-order valence-electron chi connectivity index (χ0n) is 16.5. The quantitative estimate of drug-likeness (QED) is 0.724. The summed E-state index contributed by atoms with van der Waals surface area (Å²) in [6.07, 6.45) is 8.35. The van der Waals surface area contributed by atoms with E-state index in [4.69, 9.17) is 19.0 Å². The predicted octanol–water partition coefficient (Wildman–Crippen LogP) is 4.72. The van der Waals surface area contributed by atoms with Crippen molar-refractivity contribution in [1.29, 1.82) is 0 Å². The van der Waals surface area contributed by atoms with Gasteiger partial charge in [0, 0.05) is 18.4 Å². The highest BCUT2D eigenvalue weighted by Gasteiger charge is 2.43. The lowest BCUT2D eigenvalue weighted by molar-refractivity contribution is -0.0237. The Hall–Kier alpha value is -1.75. The van der Waals surface area contributed by atoms with Crippen LogP contribution < -0.4 is 9.47 Å². The highest BCUT2D eigenvalue weighted by atomic mass is 16.7. The molecule has 1 unspecified atom stereocenters. The summed E-state index contributed by atoms with van der Waals surface area (Å²) in [4.78, 5) is 5.74. The summed E-state index contributed by atoms with van der Waals surface area (Å²) in [6.45, 7) is 6.23. The maximum Gasteiger partial charge on any atom is 0.168 e. The number of hydrogen-bond acceptors (Lipinski definition) is 5. The first-order valence-electron chi connectivity index (χ1n) is 10.4. The SMILES string of the molecule is CC(C)Oc1cc(C2=NOC3(CCOC3)C2)ccc1OCC1CCCCC1. The topological polar surface area (TPSA) is 49.3 Å². The molecule has 148 valence electrons. The molecule has 0 radical (unpaired) electrons. The van der Waals surface area contributed by atoms with Gasteiger partial charge in [-0.05, 0) is 50.8 Å². The van der Waals surface area contributed by atoms with Gasteiger partial charge in [0.25, 0.3) is 0 Å². The Bertz CT molecular complexity index is 673. The minimum atomic E-state index is -0.259. The van der Waals surface area contributed by atoms with Crippen molar-refractivity contribution >= 4 is 5.71 Å². The van der Waals surface area contributed by atoms with E-state index in [0.717, 1.165) is 48.8 Å². The molecule has 2 aliphatic heterocycles. The Morgan fingerprint density at radius 1 is 1.19 bits per heavy atom. The van der Waals surface area contributed by atoms with Crippen LogP contribution in [-0.2, 0) is 9.57 Å². The third kappa shape index (κ3) is 4.40. The van der Waals surface area contributed by atoms with Gasteiger partial charge in [-0.1, -0.05) is 24.4 Å². The van der Waals surface area contributed by atoms with Gasteiger partial charge in [0.15, 0.2) is 17.1 Å². The molecule has 1 aromatic rings. The highest BCUT2D eigenvalue weighted by Crippen LogP contribution is 2.37. The second-order valence-corrected chi connectivity index (χ2v) is 8.43. The first kappa shape index (κ1) is 18.6. The van der Waals surface area contributed by atoms with Crippen LogP contribution in [0.5, 0.6) is 11.5 Å². The summed E-state index contributed by atoms with van der Waals surface area (Å²) in [6, 6.07) is 6.14. The minimum absolute atomic E-state index is 0.0913. The number of ether oxygens (including phenoxy) is 3. The van der Waals surface area contributed by atoms with Crippen LogP contribution in [0.4, 0.5) is 0 Å². The van der Waals surface area contributed by atoms with Crippen LogP contribution >= 0.6 is 0 Å². The molecule has 4 rings (SSSR count). The lowest BCUT2D eigenvalue weighted by atomic mass is 9.90. The molecule has 1 saturated carbocycles. The summed E-state index contributed by atoms with van der Waals surface area (Å²) in [5, 5.41) is 4.35. The molecule has 0 aromatic heterocycles. The van der Waals surface area contributed by atoms with Crippen LogP contribution in [-0.4, -0.2) is 37.2 Å². The third-order valence-corrected chi connectivity index (χ3v) is 5.75. The van der Waals surface area contributed by atoms with Gasteiger partial charge in [-0.15, -0.1) is 0 Å². The van der Waals surface area contributed by atoms with Gasteiger partial charge in [-0.2, -0.15) is 0 Å². The van der Waals surface area contributed by atoms with Gasteiger partial charge in [0.1, 0.15) is 0 Å². The first-order chi connectivity index (χ1) is 13.1. The van der Waals surface area contributed by atoms with Crippen LogP contribution in [0.1, 0.15) is 64.4 Å². The van der Waals surface area contributed by atoms with Crippen molar-refractivity contribution < 1.29 is 19.0 Å². The molecule has 2 fully saturated rings. The van der Waals surface area contributed by atoms with E-state index >= 15 is 0 Å². The monoisotopic (exact) mass is 373 g/mol. The van der Waals surface area contributed by atoms with Gasteiger partial charge < -0.3 is 19.0 Å². The Kier molecular flexibility index (Phi) is 5.58. The molecular formula is C22H31NO4. The number of benzene rings is 1. The van der Waals surface area contributed by atoms with Crippen molar-refractivity contribution in [2.75, 3.05) is 19.8 Å². The number of oxime groups is 1. The molecule has 5 heteroatoms. The molecule has 0 bridgehead atoms. The van der Waals surface area contributed by atoms with Gasteiger partial charge in [0.05, 0.1) is 31.6 Å². The van der Waals surface area contributed by atoms with E-state index in [-0.39, 0.29) is 11.7 Å². The van der Waals surface area contributed by atoms with Gasteiger partial charge >= 0.3 is 0 Å². The van der Waals surface area contributed by atoms with Crippen molar-refractivity contribution in [2.45, 2.75) is 70.5 Å². The van der Waals surface area contributed by atoms with E-state index in [1.54, 1.807) is 0 Å². The van der Waals surface area contributed by atoms with E-state index < -0.39 is 0 Å². The molecule has 0 N–H and O–H groups in total. The summed E-state index contributed by atoms with van der Waals surface area (Å²) in [5.41, 5.74) is 1.75. The van der Waals surface area contributed by atoms with Crippen LogP contribution in [0, 0.1) is 5.92 Å². The van der Waals surface area contributed by atoms with Crippen LogP contribution in [0.25, 0.3) is 0 Å². The fourth-order valence-electron chi connectivity index (χ4n) is 4.19. The van der Waals surface area contributed by atoms with Crippen molar-refractivity contribution in [2.24, 2.45) is 11.1 Å². The smallest absolute Gasteiger partial charge is 0.168 e. The van der Waals surface area contributed by atoms with Gasteiger partial charge in [0.2, 0.25) is 0 Å². The van der Waals surface area contributed by atoms with E-state index in [1.807, 2.05) is 26.0 Å². The molecule has 1 aromatic carbocycles. The van der Waals surface area contributed by atoms with Gasteiger partial charge in [-0.25, -0.2) is 0 Å². The van der Waals surface area contributed by atoms with E-state index in [9.17, 15) is 0 Å². The van der Waals surface area contributed by atoms with E-state index in [0.29, 0.717) is 12.5 Å². The molecule has 2 heterocycles. The molecule has 1 aliphatic carbocycles. The Morgan fingerprint density at radius 3 is 2.78 bits per heavy atom. The Balaban J connectivity index is 1.47. The van der Waals surface area contributed by atoms with Crippen molar-refractivity contribution in [3.63, 3.8) is 0 Å². The molecule has 1 atom stereocenters. The third-order valence-electron chi connectivity index (χ3n) is 5.75. The molecule has 27 heavy (non-hydrogen) atoms. The maximum absolute atomic E-state index is 6.17. The summed E-state index contributed by atoms with van der Waals surface area (Å²) >= 11 is 0. The van der Waals surface area contributed by atoms with Crippen molar-refractivity contribution in [3.8, 4) is 11.5 Å². The first-order valence-corrected chi connectivity index (χ1v) is 10.4. The second kappa shape index (κ2) is 8.09. The van der Waals surface area contributed by atoms with E-state index in [2.05, 4.69) is 11.2 Å². The molecule has 1 spiro atoms. The zero-order chi connectivity index (χ0) is 18.7. The summed E-state index contributed by atoms with van der Waals surface area (Å²) in [5.74, 6) is 2.29. The molecule has 1 saturated heterocycles. The standard InChI is InChI=1S/C22H31NO4/c1-16(2)26-21-12-18(19-13-22(27-23-19)10-11-24-15-22)8-9-20(21)25-14-17-6-4-3-5-7-17/h8-9,12,16-17H,3-7,10-11,13-15H2,1-2H3. The van der Waals surface area contributed by atoms with Crippen molar-refractivity contribution in [1.82, 2.24) is 0 Å². The fourth-order valence-corrected chi connectivity index (χ4v) is 4.19. The summed E-state index contributed by atoms with van der Waals surface area (Å²) < 4.78 is 17.7. The number of rotatable bonds is 6. The van der Waals surface area contributed by atoms with Crippen LogP contribution in [0.15, 0.2) is 23.4 Å². The van der Waals surface area contributed by atoms with Gasteiger partial charge in [-0.3, -0.25) is 0 Å². The predicted molar refractivity (Wildman–Crippen MR) is 105 cm³/mol. The van der Waals surface area contributed by atoms with Crippen molar-refractivity contribution in [3.05, 3.63) is 23.8 Å². The largest absolute Gasteiger partial charge is 0.489 e. The fraction of sp³-hybridized carbons (Fsp3) is 0.682. The Labute approximate surface area is 162 Å².